The van der Waals surface area contributed by atoms with Crippen molar-refractivity contribution in [2.24, 2.45) is 0 Å². The molecule has 2 heterocycles. The molecule has 1 amide bonds. The zero-order valence-corrected chi connectivity index (χ0v) is 24.9. The van der Waals surface area contributed by atoms with E-state index < -0.39 is 6.29 Å². The lowest BCUT2D eigenvalue weighted by Crippen LogP contribution is -2.15. The van der Waals surface area contributed by atoms with E-state index in [1.165, 1.54) is 11.8 Å². The molecular formula is C35H36N4O4. The Morgan fingerprint density at radius 1 is 0.860 bits per heavy atom. The molecule has 2 aromatic carbocycles. The highest BCUT2D eigenvalue weighted by Gasteiger charge is 2.30. The highest BCUT2D eigenvalue weighted by atomic mass is 16.7. The fourth-order valence-electron chi connectivity index (χ4n) is 5.75. The summed E-state index contributed by atoms with van der Waals surface area (Å²) >= 11 is 0. The van der Waals surface area contributed by atoms with Crippen molar-refractivity contribution in [3.8, 4) is 11.1 Å². The summed E-state index contributed by atoms with van der Waals surface area (Å²) in [6.45, 7) is 4.09. The van der Waals surface area contributed by atoms with E-state index in [4.69, 9.17) is 9.47 Å². The lowest BCUT2D eigenvalue weighted by atomic mass is 9.94. The molecule has 6 rings (SSSR count). The van der Waals surface area contributed by atoms with Crippen molar-refractivity contribution in [2.75, 3.05) is 24.9 Å². The van der Waals surface area contributed by atoms with Crippen LogP contribution in [-0.4, -0.2) is 36.4 Å². The minimum atomic E-state index is -0.440. The predicted molar refractivity (Wildman–Crippen MR) is 167 cm³/mol. The number of nitrogens with one attached hydrogen (secondary N) is 2. The molecule has 2 aliphatic carbocycles. The van der Waals surface area contributed by atoms with E-state index in [1.54, 1.807) is 20.3 Å². The van der Waals surface area contributed by atoms with Crippen LogP contribution in [0.3, 0.4) is 0 Å². The third kappa shape index (κ3) is 5.94. The molecule has 2 saturated carbocycles. The van der Waals surface area contributed by atoms with Gasteiger partial charge in [0.2, 0.25) is 0 Å². The smallest absolute Gasteiger partial charge is 0.274 e. The van der Waals surface area contributed by atoms with E-state index in [2.05, 4.69) is 45.7 Å². The Morgan fingerprint density at radius 3 is 2.12 bits per heavy atom. The monoisotopic (exact) mass is 576 g/mol. The Balaban J connectivity index is 1.26. The topological polar surface area (TPSA) is 102 Å². The van der Waals surface area contributed by atoms with Gasteiger partial charge in [0.15, 0.2) is 12.6 Å². The second-order valence-electron chi connectivity index (χ2n) is 11.4. The largest absolute Gasteiger partial charge is 0.352 e. The number of amides is 1. The standard InChI is InChI=1S/C35H36N4O4/c1-20-25(7-5-9-30(20)38-33-16-28(23-13-14-23)29(18-37-33)35(42-3)43-4)26-8-6-10-31(21(26)2)39-34(41)32-15-27(22-11-12-22)24(19-40)17-36-32/h5-10,15-19,22-23,35H,11-14H2,1-4H3,(H,37,38)(H,39,41). The van der Waals surface area contributed by atoms with E-state index in [1.807, 2.05) is 37.4 Å². The number of hydrogen-bond donors (Lipinski definition) is 2. The number of benzene rings is 2. The lowest BCUT2D eigenvalue weighted by Gasteiger charge is -2.19. The lowest BCUT2D eigenvalue weighted by molar-refractivity contribution is -0.106. The first kappa shape index (κ1) is 28.7. The minimum Gasteiger partial charge on any atom is -0.352 e. The van der Waals surface area contributed by atoms with Gasteiger partial charge in [0, 0.05) is 49.1 Å². The molecule has 0 unspecified atom stereocenters. The van der Waals surface area contributed by atoms with Crippen molar-refractivity contribution in [2.45, 2.75) is 57.7 Å². The molecule has 8 heteroatoms. The van der Waals surface area contributed by atoms with Crippen molar-refractivity contribution >= 4 is 29.4 Å². The number of ether oxygens (including phenoxy) is 2. The molecule has 4 aromatic rings. The molecule has 0 spiro atoms. The van der Waals surface area contributed by atoms with E-state index in [-0.39, 0.29) is 5.91 Å². The number of nitrogens with zero attached hydrogens (tertiary/aromatic N) is 2. The van der Waals surface area contributed by atoms with Gasteiger partial charge in [0.1, 0.15) is 11.5 Å². The van der Waals surface area contributed by atoms with Gasteiger partial charge >= 0.3 is 0 Å². The molecule has 0 bridgehead atoms. The SMILES string of the molecule is COC(OC)c1cnc(Nc2cccc(-c3cccc(NC(=O)c4cc(C5CC5)c(C=O)cn4)c3C)c2C)cc1C1CC1. The van der Waals surface area contributed by atoms with Crippen LogP contribution in [0.2, 0.25) is 0 Å². The molecule has 0 radical (unpaired) electrons. The van der Waals surface area contributed by atoms with Crippen LogP contribution in [0.1, 0.15) is 92.5 Å². The highest BCUT2D eigenvalue weighted by Crippen LogP contribution is 2.45. The van der Waals surface area contributed by atoms with Crippen LogP contribution in [0.15, 0.2) is 60.9 Å². The van der Waals surface area contributed by atoms with E-state index >= 15 is 0 Å². The van der Waals surface area contributed by atoms with Gasteiger partial charge in [-0.15, -0.1) is 0 Å². The first-order chi connectivity index (χ1) is 20.9. The fourth-order valence-corrected chi connectivity index (χ4v) is 5.75. The van der Waals surface area contributed by atoms with Crippen LogP contribution in [0.5, 0.6) is 0 Å². The number of carbonyl (C=O) groups is 2. The quantitative estimate of drug-likeness (QED) is 0.140. The van der Waals surface area contributed by atoms with Gasteiger partial charge in [-0.3, -0.25) is 14.6 Å². The van der Waals surface area contributed by atoms with Gasteiger partial charge < -0.3 is 20.1 Å². The number of carbonyl (C=O) groups excluding carboxylic acids is 2. The first-order valence-corrected chi connectivity index (χ1v) is 14.7. The number of hydrogen-bond acceptors (Lipinski definition) is 7. The molecule has 2 fully saturated rings. The molecule has 220 valence electrons. The van der Waals surface area contributed by atoms with Gasteiger partial charge in [-0.2, -0.15) is 0 Å². The summed E-state index contributed by atoms with van der Waals surface area (Å²) in [6.07, 6.45) is 8.10. The van der Waals surface area contributed by atoms with Crippen molar-refractivity contribution in [3.63, 3.8) is 0 Å². The Labute approximate surface area is 251 Å². The number of aromatic nitrogens is 2. The number of aldehydes is 1. The molecule has 2 aromatic heterocycles. The van der Waals surface area contributed by atoms with Gasteiger partial charge in [-0.1, -0.05) is 24.3 Å². The molecule has 8 nitrogen and oxygen atoms in total. The average molecular weight is 577 g/mol. The van der Waals surface area contributed by atoms with Crippen LogP contribution in [0, 0.1) is 13.8 Å². The van der Waals surface area contributed by atoms with Crippen LogP contribution in [0.4, 0.5) is 17.2 Å². The van der Waals surface area contributed by atoms with Gasteiger partial charge in [0.25, 0.3) is 5.91 Å². The number of anilines is 3. The van der Waals surface area contributed by atoms with Crippen molar-refractivity contribution in [3.05, 3.63) is 100.0 Å². The Morgan fingerprint density at radius 2 is 1.49 bits per heavy atom. The second kappa shape index (κ2) is 12.1. The third-order valence-electron chi connectivity index (χ3n) is 8.48. The number of methoxy groups -OCH3 is 2. The second-order valence-corrected chi connectivity index (χ2v) is 11.4. The normalized spacial score (nSPS) is 14.5. The van der Waals surface area contributed by atoms with E-state index in [0.717, 1.165) is 76.9 Å². The van der Waals surface area contributed by atoms with Gasteiger partial charge in [-0.05, 0) is 109 Å². The van der Waals surface area contributed by atoms with Crippen molar-refractivity contribution in [1.82, 2.24) is 9.97 Å². The Hall–Kier alpha value is -4.40. The van der Waals surface area contributed by atoms with Crippen molar-refractivity contribution in [1.29, 1.82) is 0 Å². The molecule has 0 atom stereocenters. The molecule has 0 saturated heterocycles. The van der Waals surface area contributed by atoms with Gasteiger partial charge in [0.05, 0.1) is 0 Å². The van der Waals surface area contributed by atoms with Crippen LogP contribution < -0.4 is 10.6 Å². The highest BCUT2D eigenvalue weighted by molar-refractivity contribution is 6.04. The van der Waals surface area contributed by atoms with Crippen LogP contribution >= 0.6 is 0 Å². The van der Waals surface area contributed by atoms with E-state index in [9.17, 15) is 9.59 Å². The Kier molecular flexibility index (Phi) is 8.06. The zero-order chi connectivity index (χ0) is 30.1. The molecule has 2 N–H and O–H groups in total. The van der Waals surface area contributed by atoms with Gasteiger partial charge in [-0.25, -0.2) is 4.98 Å². The summed E-state index contributed by atoms with van der Waals surface area (Å²) in [5, 5.41) is 6.57. The fraction of sp³-hybridized carbons (Fsp3) is 0.314. The Bertz CT molecular complexity index is 1690. The summed E-state index contributed by atoms with van der Waals surface area (Å²) in [5.41, 5.74) is 9.72. The summed E-state index contributed by atoms with van der Waals surface area (Å²) in [7, 11) is 3.28. The molecule has 2 aliphatic rings. The van der Waals surface area contributed by atoms with Crippen LogP contribution in [0.25, 0.3) is 11.1 Å². The molecular weight excluding hydrogens is 540 g/mol. The molecule has 0 aliphatic heterocycles. The third-order valence-corrected chi connectivity index (χ3v) is 8.48. The maximum Gasteiger partial charge on any atom is 0.274 e. The molecule has 43 heavy (non-hydrogen) atoms. The van der Waals surface area contributed by atoms with Crippen LogP contribution in [-0.2, 0) is 9.47 Å². The minimum absolute atomic E-state index is 0.295. The summed E-state index contributed by atoms with van der Waals surface area (Å²) < 4.78 is 11.0. The maximum atomic E-state index is 13.2. The number of pyridine rings is 2. The van der Waals surface area contributed by atoms with E-state index in [0.29, 0.717) is 28.8 Å². The van der Waals surface area contributed by atoms with Crippen molar-refractivity contribution < 1.29 is 19.1 Å². The average Bonchev–Trinajstić information content (AvgIpc) is 3.94. The first-order valence-electron chi connectivity index (χ1n) is 14.7. The maximum absolute atomic E-state index is 13.2. The summed E-state index contributed by atoms with van der Waals surface area (Å²) in [5.74, 6) is 1.31. The number of rotatable bonds is 11. The predicted octanol–water partition coefficient (Wildman–Crippen LogP) is 7.62. The zero-order valence-electron chi connectivity index (χ0n) is 24.9. The summed E-state index contributed by atoms with van der Waals surface area (Å²) in [6, 6.07) is 15.9. The summed E-state index contributed by atoms with van der Waals surface area (Å²) in [4.78, 5) is 33.6.